The molecule has 0 unspecified atom stereocenters. The van der Waals surface area contributed by atoms with Crippen molar-refractivity contribution >= 4 is 26.6 Å². The summed E-state index contributed by atoms with van der Waals surface area (Å²) in [6.07, 6.45) is 5.45. The molecule has 0 bridgehead atoms. The second-order valence-corrected chi connectivity index (χ2v) is 8.92. The molecule has 1 aliphatic heterocycles. The Balaban J connectivity index is 1.60. The Bertz CT molecular complexity index is 1070. The third kappa shape index (κ3) is 3.51. The summed E-state index contributed by atoms with van der Waals surface area (Å²) in [4.78, 5) is 15.8. The van der Waals surface area contributed by atoms with E-state index in [4.69, 9.17) is 0 Å². The van der Waals surface area contributed by atoms with Gasteiger partial charge in [-0.05, 0) is 31.0 Å². The summed E-state index contributed by atoms with van der Waals surface area (Å²) in [7, 11) is -3.28. The number of aryl methyl sites for hydroxylation is 1. The van der Waals surface area contributed by atoms with Gasteiger partial charge in [0, 0.05) is 37.1 Å². The first-order valence-corrected chi connectivity index (χ1v) is 11.0. The summed E-state index contributed by atoms with van der Waals surface area (Å²) in [5, 5.41) is 8.11. The quantitative estimate of drug-likeness (QED) is 0.732. The molecule has 2 aromatic heterocycles. The molecule has 0 atom stereocenters. The second-order valence-electron chi connectivity index (χ2n) is 6.90. The van der Waals surface area contributed by atoms with Gasteiger partial charge in [-0.15, -0.1) is 0 Å². The fraction of sp³-hybridized carbons (Fsp3) is 0.444. The first-order valence-electron chi connectivity index (χ1n) is 9.06. The van der Waals surface area contributed by atoms with Crippen molar-refractivity contribution in [2.24, 2.45) is 0 Å². The first-order chi connectivity index (χ1) is 13.0. The number of nitrogens with zero attached hydrogens (tertiary/aromatic N) is 5. The van der Waals surface area contributed by atoms with E-state index in [1.54, 1.807) is 18.2 Å². The molecule has 142 valence electrons. The minimum Gasteiger partial charge on any atom is -0.356 e. The molecule has 3 heterocycles. The normalized spacial score (nSPS) is 16.1. The fourth-order valence-electron chi connectivity index (χ4n) is 3.51. The van der Waals surface area contributed by atoms with Crippen LogP contribution in [0.15, 0.2) is 29.4 Å². The highest BCUT2D eigenvalue weighted by Gasteiger charge is 2.25. The van der Waals surface area contributed by atoms with Gasteiger partial charge in [-0.25, -0.2) is 23.4 Å². The molecule has 3 aromatic rings. The zero-order valence-corrected chi connectivity index (χ0v) is 16.2. The Morgan fingerprint density at radius 3 is 2.67 bits per heavy atom. The Kier molecular flexibility index (Phi) is 4.55. The van der Waals surface area contributed by atoms with Crippen molar-refractivity contribution in [1.82, 2.24) is 25.1 Å². The number of fused-ring (bicyclic) bond motifs is 1. The topological polar surface area (TPSA) is 105 Å². The number of nitrogens with one attached hydrogen (secondary N) is 1. The van der Waals surface area contributed by atoms with Gasteiger partial charge in [0.25, 0.3) is 0 Å². The van der Waals surface area contributed by atoms with Crippen LogP contribution in [-0.4, -0.2) is 52.9 Å². The summed E-state index contributed by atoms with van der Waals surface area (Å²) in [5.74, 6) is 2.92. The highest BCUT2D eigenvalue weighted by atomic mass is 32.2. The predicted molar refractivity (Wildman–Crippen MR) is 103 cm³/mol. The lowest BCUT2D eigenvalue weighted by Crippen LogP contribution is -2.34. The lowest BCUT2D eigenvalue weighted by Gasteiger charge is -2.32. The number of benzene rings is 1. The largest absolute Gasteiger partial charge is 0.356 e. The average molecular weight is 386 g/mol. The van der Waals surface area contributed by atoms with E-state index in [1.807, 2.05) is 0 Å². The van der Waals surface area contributed by atoms with Gasteiger partial charge in [0.05, 0.1) is 10.4 Å². The number of sulfone groups is 1. The van der Waals surface area contributed by atoms with Gasteiger partial charge in [0.15, 0.2) is 15.7 Å². The van der Waals surface area contributed by atoms with Crippen molar-refractivity contribution in [1.29, 1.82) is 0 Å². The molecule has 0 saturated carbocycles. The van der Waals surface area contributed by atoms with Crippen molar-refractivity contribution in [3.05, 3.63) is 36.2 Å². The van der Waals surface area contributed by atoms with Crippen molar-refractivity contribution < 1.29 is 8.42 Å². The third-order valence-corrected chi connectivity index (χ3v) is 6.17. The summed E-state index contributed by atoms with van der Waals surface area (Å²) >= 11 is 0. The summed E-state index contributed by atoms with van der Waals surface area (Å²) < 4.78 is 23.8. The number of anilines is 1. The maximum Gasteiger partial charge on any atom is 0.175 e. The lowest BCUT2D eigenvalue weighted by atomic mass is 9.96. The highest BCUT2D eigenvalue weighted by molar-refractivity contribution is 7.90. The van der Waals surface area contributed by atoms with Gasteiger partial charge in [0.1, 0.15) is 18.0 Å². The zero-order valence-electron chi connectivity index (χ0n) is 15.4. The van der Waals surface area contributed by atoms with Crippen LogP contribution in [0.2, 0.25) is 0 Å². The molecule has 1 aliphatic rings. The maximum atomic E-state index is 11.9. The minimum absolute atomic E-state index is 0.286. The SMILES string of the molecule is CCc1nc(C2CCN(c3ncnc4ccc(S(C)(=O)=O)cc34)CC2)n[nH]1. The van der Waals surface area contributed by atoms with Crippen LogP contribution < -0.4 is 4.90 Å². The number of hydrogen-bond acceptors (Lipinski definition) is 7. The van der Waals surface area contributed by atoms with Gasteiger partial charge < -0.3 is 4.90 Å². The fourth-order valence-corrected chi connectivity index (χ4v) is 4.15. The standard InChI is InChI=1S/C18H22N6O2S/c1-3-16-21-17(23-22-16)12-6-8-24(9-7-12)18-14-10-13(27(2,25)26)4-5-15(14)19-11-20-18/h4-5,10-12H,3,6-9H2,1-2H3,(H,21,22,23). The summed E-state index contributed by atoms with van der Waals surface area (Å²) in [6, 6.07) is 5.01. The van der Waals surface area contributed by atoms with Crippen LogP contribution in [0.5, 0.6) is 0 Å². The molecule has 9 heteroatoms. The number of hydrogen-bond donors (Lipinski definition) is 1. The van der Waals surface area contributed by atoms with Crippen LogP contribution in [0.3, 0.4) is 0 Å². The van der Waals surface area contributed by atoms with E-state index in [-0.39, 0.29) is 4.90 Å². The molecular weight excluding hydrogens is 364 g/mol. The van der Waals surface area contributed by atoms with Gasteiger partial charge in [-0.3, -0.25) is 5.10 Å². The number of rotatable bonds is 4. The first kappa shape index (κ1) is 17.8. The number of H-pyrrole nitrogens is 1. The second kappa shape index (κ2) is 6.88. The van der Waals surface area contributed by atoms with Gasteiger partial charge >= 0.3 is 0 Å². The highest BCUT2D eigenvalue weighted by Crippen LogP contribution is 2.31. The van der Waals surface area contributed by atoms with Crippen LogP contribution in [0.1, 0.15) is 37.3 Å². The van der Waals surface area contributed by atoms with Gasteiger partial charge in [-0.2, -0.15) is 5.10 Å². The molecule has 8 nitrogen and oxygen atoms in total. The van der Waals surface area contributed by atoms with Crippen LogP contribution in [-0.2, 0) is 16.3 Å². The van der Waals surface area contributed by atoms with E-state index in [2.05, 4.69) is 37.0 Å². The zero-order chi connectivity index (χ0) is 19.0. The van der Waals surface area contributed by atoms with E-state index < -0.39 is 9.84 Å². The molecule has 1 N–H and O–H groups in total. The average Bonchev–Trinajstić information content (AvgIpc) is 3.16. The van der Waals surface area contributed by atoms with Gasteiger partial charge in [-0.1, -0.05) is 6.92 Å². The van der Waals surface area contributed by atoms with E-state index in [0.717, 1.165) is 60.7 Å². The van der Waals surface area contributed by atoms with Crippen LogP contribution in [0.25, 0.3) is 10.9 Å². The molecule has 0 spiro atoms. The molecule has 0 radical (unpaired) electrons. The van der Waals surface area contributed by atoms with E-state index >= 15 is 0 Å². The summed E-state index contributed by atoms with van der Waals surface area (Å²) in [5.41, 5.74) is 0.746. The monoisotopic (exact) mass is 386 g/mol. The molecule has 1 saturated heterocycles. The van der Waals surface area contributed by atoms with Gasteiger partial charge in [0.2, 0.25) is 0 Å². The van der Waals surface area contributed by atoms with Crippen LogP contribution >= 0.6 is 0 Å². The van der Waals surface area contributed by atoms with Crippen molar-refractivity contribution in [2.75, 3.05) is 24.2 Å². The smallest absolute Gasteiger partial charge is 0.175 e. The molecule has 27 heavy (non-hydrogen) atoms. The van der Waals surface area contributed by atoms with E-state index in [9.17, 15) is 8.42 Å². The van der Waals surface area contributed by atoms with E-state index in [0.29, 0.717) is 5.92 Å². The summed E-state index contributed by atoms with van der Waals surface area (Å²) in [6.45, 7) is 3.68. The number of aromatic nitrogens is 5. The number of piperidine rings is 1. The van der Waals surface area contributed by atoms with Crippen molar-refractivity contribution in [2.45, 2.75) is 37.0 Å². The molecule has 0 aliphatic carbocycles. The molecule has 4 rings (SSSR count). The molecule has 0 amide bonds. The van der Waals surface area contributed by atoms with Crippen LogP contribution in [0, 0.1) is 0 Å². The number of aromatic amines is 1. The van der Waals surface area contributed by atoms with Crippen molar-refractivity contribution in [3.8, 4) is 0 Å². The Morgan fingerprint density at radius 1 is 1.22 bits per heavy atom. The predicted octanol–water partition coefficient (Wildman–Crippen LogP) is 2.10. The van der Waals surface area contributed by atoms with Crippen molar-refractivity contribution in [3.63, 3.8) is 0 Å². The van der Waals surface area contributed by atoms with E-state index in [1.165, 1.54) is 12.6 Å². The Hall–Kier alpha value is -2.55. The van der Waals surface area contributed by atoms with Crippen LogP contribution in [0.4, 0.5) is 5.82 Å². The minimum atomic E-state index is -3.28. The molecular formula is C18H22N6O2S. The molecule has 1 fully saturated rings. The maximum absolute atomic E-state index is 11.9. The molecule has 1 aromatic carbocycles. The Morgan fingerprint density at radius 2 is 2.00 bits per heavy atom. The Labute approximate surface area is 158 Å². The third-order valence-electron chi connectivity index (χ3n) is 5.06. The lowest BCUT2D eigenvalue weighted by molar-refractivity contribution is 0.485.